The Hall–Kier alpha value is -3.29. The highest BCUT2D eigenvalue weighted by atomic mass is 19.4. The van der Waals surface area contributed by atoms with Crippen molar-refractivity contribution in [2.75, 3.05) is 25.0 Å². The van der Waals surface area contributed by atoms with Gasteiger partial charge in [0, 0.05) is 50.0 Å². The van der Waals surface area contributed by atoms with E-state index in [0.717, 1.165) is 37.7 Å². The van der Waals surface area contributed by atoms with Crippen LogP contribution in [0.25, 0.3) is 0 Å². The van der Waals surface area contributed by atoms with E-state index in [0.29, 0.717) is 0 Å². The molecule has 3 rings (SSSR count). The van der Waals surface area contributed by atoms with E-state index in [4.69, 9.17) is 24.2 Å². The van der Waals surface area contributed by atoms with Gasteiger partial charge in [0.1, 0.15) is 5.82 Å². The van der Waals surface area contributed by atoms with E-state index in [1.807, 2.05) is 19.3 Å². The lowest BCUT2D eigenvalue weighted by Crippen LogP contribution is -2.28. The van der Waals surface area contributed by atoms with Crippen molar-refractivity contribution in [2.24, 2.45) is 0 Å². The summed E-state index contributed by atoms with van der Waals surface area (Å²) in [4.78, 5) is 27.1. The second-order valence-electron chi connectivity index (χ2n) is 6.80. The molecule has 1 aliphatic rings. The van der Waals surface area contributed by atoms with Gasteiger partial charge < -0.3 is 19.5 Å². The summed E-state index contributed by atoms with van der Waals surface area (Å²) < 4.78 is 68.6. The maximum absolute atomic E-state index is 10.6. The number of carbonyl (C=O) groups is 2. The molecule has 0 amide bonds. The number of aromatic nitrogens is 1. The fourth-order valence-corrected chi connectivity index (χ4v) is 2.52. The van der Waals surface area contributed by atoms with Gasteiger partial charge in [-0.05, 0) is 19.1 Å². The van der Waals surface area contributed by atoms with Crippen molar-refractivity contribution in [1.29, 1.82) is 0 Å². The van der Waals surface area contributed by atoms with Crippen LogP contribution in [0.15, 0.2) is 35.1 Å². The molecule has 0 atom stereocenters. The first-order valence-electron chi connectivity index (χ1n) is 9.12. The molecule has 0 aromatic carbocycles. The number of hydrogen-bond donors (Lipinski definition) is 2. The number of hydrogen-bond acceptors (Lipinski definition) is 6. The number of aryl methyl sites for hydroxylation is 1. The smallest absolute Gasteiger partial charge is 0.475 e. The average molecular weight is 485 g/mol. The zero-order valence-corrected chi connectivity index (χ0v) is 17.4. The third kappa shape index (κ3) is 9.80. The van der Waals surface area contributed by atoms with Crippen molar-refractivity contribution in [3.05, 3.63) is 47.5 Å². The predicted octanol–water partition coefficient (Wildman–Crippen LogP) is 3.70. The van der Waals surface area contributed by atoms with E-state index in [9.17, 15) is 26.3 Å². The number of halogens is 6. The van der Waals surface area contributed by atoms with E-state index in [1.54, 1.807) is 6.26 Å². The number of fused-ring (bicyclic) bond motifs is 1. The Morgan fingerprint density at radius 1 is 1.03 bits per heavy atom. The van der Waals surface area contributed by atoms with Crippen LogP contribution in [-0.2, 0) is 22.7 Å². The molecule has 2 aromatic heterocycles. The van der Waals surface area contributed by atoms with Gasteiger partial charge in [0.05, 0.1) is 12.5 Å². The fraction of sp³-hybridized carbons (Fsp3) is 0.421. The molecular weight excluding hydrogens is 464 g/mol. The van der Waals surface area contributed by atoms with Gasteiger partial charge in [-0.15, -0.1) is 0 Å². The molecule has 14 heteroatoms. The molecule has 3 heterocycles. The first-order valence-corrected chi connectivity index (χ1v) is 9.12. The molecular formula is C19H21F6N3O5. The van der Waals surface area contributed by atoms with Gasteiger partial charge in [-0.3, -0.25) is 4.90 Å². The summed E-state index contributed by atoms with van der Waals surface area (Å²) in [7, 11) is 2.12. The second kappa shape index (κ2) is 11.5. The highest BCUT2D eigenvalue weighted by Gasteiger charge is 2.38. The SMILES string of the molecule is Cc1ccc2c(n1)N(C)CCN(Cc1ccoc1)C2.O=C(O)C(F)(F)F.O=C(O)C(F)(F)F. The van der Waals surface area contributed by atoms with Crippen molar-refractivity contribution in [3.63, 3.8) is 0 Å². The highest BCUT2D eigenvalue weighted by Crippen LogP contribution is 2.23. The molecule has 0 saturated heterocycles. The number of carboxylic acid groups (broad SMARTS) is 2. The highest BCUT2D eigenvalue weighted by molar-refractivity contribution is 5.73. The molecule has 8 nitrogen and oxygen atoms in total. The molecule has 2 N–H and O–H groups in total. The molecule has 0 radical (unpaired) electrons. The Bertz CT molecular complexity index is 892. The minimum absolute atomic E-state index is 0.928. The largest absolute Gasteiger partial charge is 0.490 e. The van der Waals surface area contributed by atoms with Crippen molar-refractivity contribution < 1.29 is 50.6 Å². The molecule has 184 valence electrons. The van der Waals surface area contributed by atoms with Crippen LogP contribution < -0.4 is 4.90 Å². The first-order chi connectivity index (χ1) is 15.1. The van der Waals surface area contributed by atoms with Gasteiger partial charge in [-0.2, -0.15) is 26.3 Å². The van der Waals surface area contributed by atoms with Crippen LogP contribution in [0.3, 0.4) is 0 Å². The van der Waals surface area contributed by atoms with Gasteiger partial charge in [-0.1, -0.05) is 6.07 Å². The zero-order chi connectivity index (χ0) is 25.4. The lowest BCUT2D eigenvalue weighted by molar-refractivity contribution is -0.193. The first kappa shape index (κ1) is 27.7. The summed E-state index contributed by atoms with van der Waals surface area (Å²) >= 11 is 0. The molecule has 0 unspecified atom stereocenters. The predicted molar refractivity (Wildman–Crippen MR) is 102 cm³/mol. The monoisotopic (exact) mass is 485 g/mol. The summed E-state index contributed by atoms with van der Waals surface area (Å²) in [6.07, 6.45) is -6.61. The van der Waals surface area contributed by atoms with Crippen LogP contribution in [0.4, 0.5) is 32.2 Å². The number of furan rings is 1. The van der Waals surface area contributed by atoms with Gasteiger partial charge in [0.15, 0.2) is 0 Å². The Morgan fingerprint density at radius 3 is 2.03 bits per heavy atom. The minimum atomic E-state index is -5.08. The lowest BCUT2D eigenvalue weighted by atomic mass is 10.2. The van der Waals surface area contributed by atoms with Gasteiger partial charge in [0.2, 0.25) is 0 Å². The third-order valence-electron chi connectivity index (χ3n) is 4.07. The van der Waals surface area contributed by atoms with Gasteiger partial charge in [-0.25, -0.2) is 14.6 Å². The number of aliphatic carboxylic acids is 2. The molecule has 2 aromatic rings. The van der Waals surface area contributed by atoms with E-state index in [2.05, 4.69) is 34.0 Å². The number of likely N-dealkylation sites (N-methyl/N-ethyl adjacent to an activating group) is 1. The third-order valence-corrected chi connectivity index (χ3v) is 4.07. The number of carboxylic acids is 2. The van der Waals surface area contributed by atoms with E-state index in [1.165, 1.54) is 11.1 Å². The van der Waals surface area contributed by atoms with Crippen LogP contribution in [0, 0.1) is 6.92 Å². The molecule has 0 aliphatic carbocycles. The Morgan fingerprint density at radius 2 is 1.58 bits per heavy atom. The second-order valence-corrected chi connectivity index (χ2v) is 6.80. The van der Waals surface area contributed by atoms with Crippen LogP contribution in [-0.4, -0.2) is 64.5 Å². The molecule has 1 aliphatic heterocycles. The number of alkyl halides is 6. The van der Waals surface area contributed by atoms with E-state index in [-0.39, 0.29) is 0 Å². The molecule has 0 fully saturated rings. The van der Waals surface area contributed by atoms with Gasteiger partial charge >= 0.3 is 24.3 Å². The van der Waals surface area contributed by atoms with Crippen LogP contribution in [0.2, 0.25) is 0 Å². The quantitative estimate of drug-likeness (QED) is 0.621. The van der Waals surface area contributed by atoms with Crippen molar-refractivity contribution in [3.8, 4) is 0 Å². The summed E-state index contributed by atoms with van der Waals surface area (Å²) in [5, 5.41) is 14.2. The van der Waals surface area contributed by atoms with Crippen molar-refractivity contribution >= 4 is 17.8 Å². The van der Waals surface area contributed by atoms with Crippen molar-refractivity contribution in [1.82, 2.24) is 9.88 Å². The molecule has 0 saturated carbocycles. The number of anilines is 1. The summed E-state index contributed by atoms with van der Waals surface area (Å²) in [6.45, 7) is 5.95. The zero-order valence-electron chi connectivity index (χ0n) is 17.4. The summed E-state index contributed by atoms with van der Waals surface area (Å²) in [6, 6.07) is 6.32. The Balaban J connectivity index is 0.000000324. The number of rotatable bonds is 2. The van der Waals surface area contributed by atoms with Crippen LogP contribution >= 0.6 is 0 Å². The minimum Gasteiger partial charge on any atom is -0.475 e. The fourth-order valence-electron chi connectivity index (χ4n) is 2.52. The Kier molecular flexibility index (Phi) is 9.70. The Labute approximate surface area is 184 Å². The lowest BCUT2D eigenvalue weighted by Gasteiger charge is -2.19. The van der Waals surface area contributed by atoms with Gasteiger partial charge in [0.25, 0.3) is 0 Å². The average Bonchev–Trinajstić information content (AvgIpc) is 3.14. The van der Waals surface area contributed by atoms with E-state index < -0.39 is 24.3 Å². The van der Waals surface area contributed by atoms with Crippen LogP contribution in [0.5, 0.6) is 0 Å². The van der Waals surface area contributed by atoms with Crippen molar-refractivity contribution in [2.45, 2.75) is 32.4 Å². The topological polar surface area (TPSA) is 107 Å². The maximum Gasteiger partial charge on any atom is 0.490 e. The number of nitrogens with zero attached hydrogens (tertiary/aromatic N) is 3. The molecule has 33 heavy (non-hydrogen) atoms. The maximum atomic E-state index is 10.6. The standard InChI is InChI=1S/C15H19N3O.2C2HF3O2/c1-12-3-4-14-10-18(9-13-5-8-19-11-13)7-6-17(2)15(14)16-12;2*3-2(4,5)1(6)7/h3-5,8,11H,6-7,9-10H2,1-2H3;2*(H,6,7). The number of pyridine rings is 1. The summed E-state index contributed by atoms with van der Waals surface area (Å²) in [5.74, 6) is -4.39. The van der Waals surface area contributed by atoms with E-state index >= 15 is 0 Å². The molecule has 0 spiro atoms. The molecule has 0 bridgehead atoms. The van der Waals surface area contributed by atoms with Crippen LogP contribution in [0.1, 0.15) is 16.8 Å². The normalized spacial score (nSPS) is 14.1. The summed E-state index contributed by atoms with van der Waals surface area (Å²) in [5.41, 5.74) is 3.61.